The Morgan fingerprint density at radius 1 is 1.05 bits per heavy atom. The fourth-order valence-corrected chi connectivity index (χ4v) is 8.41. The van der Waals surface area contributed by atoms with Crippen LogP contribution in [-0.2, 0) is 14.4 Å². The maximum atomic E-state index is 14.6. The third-order valence-corrected chi connectivity index (χ3v) is 10.6. The summed E-state index contributed by atoms with van der Waals surface area (Å²) in [5, 5.41) is 15.6. The van der Waals surface area contributed by atoms with Gasteiger partial charge in [0.25, 0.3) is 0 Å². The summed E-state index contributed by atoms with van der Waals surface area (Å²) in [6, 6.07) is 10.1. The standard InChI is InChI=1S/C31H34N2O5S2/c1-16-13-14-39-28(16)26-24(27(35)23-15-17(2)40-18(23)3)25(20-9-11-22(12-10-20)32-19(4)34)31(5,30(37)38)33(26)29(36)21-7-6-8-21/h9-15,21,24-26H,6-8H2,1-5H3,(H,32,34)(H,37,38). The Hall–Kier alpha value is -3.30. The Morgan fingerprint density at radius 2 is 1.73 bits per heavy atom. The molecule has 3 heterocycles. The number of thiophene rings is 2. The molecular formula is C31H34N2O5S2. The van der Waals surface area contributed by atoms with Crippen LogP contribution < -0.4 is 5.32 Å². The molecule has 210 valence electrons. The lowest BCUT2D eigenvalue weighted by Crippen LogP contribution is -2.56. The highest BCUT2D eigenvalue weighted by atomic mass is 32.1. The predicted octanol–water partition coefficient (Wildman–Crippen LogP) is 6.50. The van der Waals surface area contributed by atoms with Crippen LogP contribution in [0.15, 0.2) is 41.8 Å². The van der Waals surface area contributed by atoms with E-state index in [1.54, 1.807) is 36.1 Å². The van der Waals surface area contributed by atoms with Crippen molar-refractivity contribution in [3.63, 3.8) is 0 Å². The molecule has 3 aromatic rings. The maximum absolute atomic E-state index is 14.6. The second-order valence-corrected chi connectivity index (χ2v) is 13.6. The van der Waals surface area contributed by atoms with Gasteiger partial charge >= 0.3 is 5.97 Å². The second kappa shape index (κ2) is 10.6. The molecule has 7 nitrogen and oxygen atoms in total. The number of likely N-dealkylation sites (tertiary alicyclic amines) is 1. The molecule has 1 aliphatic carbocycles. The first-order valence-corrected chi connectivity index (χ1v) is 15.2. The number of amides is 2. The molecule has 2 amide bonds. The van der Waals surface area contributed by atoms with Crippen LogP contribution in [-0.4, -0.2) is 39.1 Å². The van der Waals surface area contributed by atoms with E-state index >= 15 is 0 Å². The summed E-state index contributed by atoms with van der Waals surface area (Å²) < 4.78 is 0. The van der Waals surface area contributed by atoms with E-state index in [0.29, 0.717) is 16.8 Å². The number of rotatable bonds is 7. The first-order valence-electron chi connectivity index (χ1n) is 13.5. The van der Waals surface area contributed by atoms with Crippen molar-refractivity contribution in [2.75, 3.05) is 5.32 Å². The number of anilines is 1. The number of carboxylic acid groups (broad SMARTS) is 1. The Morgan fingerprint density at radius 3 is 2.20 bits per heavy atom. The molecule has 2 fully saturated rings. The predicted molar refractivity (Wildman–Crippen MR) is 157 cm³/mol. The van der Waals surface area contributed by atoms with Crippen molar-refractivity contribution in [2.24, 2.45) is 11.8 Å². The number of nitrogens with one attached hydrogen (secondary N) is 1. The van der Waals surface area contributed by atoms with E-state index in [-0.39, 0.29) is 23.5 Å². The highest BCUT2D eigenvalue weighted by Crippen LogP contribution is 2.59. The fourth-order valence-electron chi connectivity index (χ4n) is 6.41. The molecule has 2 N–H and O–H groups in total. The van der Waals surface area contributed by atoms with Crippen molar-refractivity contribution in [2.45, 2.75) is 71.4 Å². The van der Waals surface area contributed by atoms with Crippen LogP contribution in [0.2, 0.25) is 0 Å². The van der Waals surface area contributed by atoms with Crippen molar-refractivity contribution >= 4 is 51.9 Å². The lowest BCUT2D eigenvalue weighted by Gasteiger charge is -2.41. The zero-order chi connectivity index (χ0) is 28.9. The molecule has 9 heteroatoms. The average Bonchev–Trinajstić information content (AvgIpc) is 3.50. The van der Waals surface area contributed by atoms with Gasteiger partial charge in [0.15, 0.2) is 5.78 Å². The molecule has 1 aliphatic heterocycles. The molecule has 1 saturated carbocycles. The summed E-state index contributed by atoms with van der Waals surface area (Å²) in [5.41, 5.74) is 1.06. The zero-order valence-electron chi connectivity index (χ0n) is 23.3. The molecule has 1 saturated heterocycles. The quantitative estimate of drug-likeness (QED) is 0.312. The van der Waals surface area contributed by atoms with Gasteiger partial charge in [-0.2, -0.15) is 0 Å². The van der Waals surface area contributed by atoms with Gasteiger partial charge in [-0.25, -0.2) is 4.79 Å². The number of benzene rings is 1. The summed E-state index contributed by atoms with van der Waals surface area (Å²) in [4.78, 5) is 58.1. The van der Waals surface area contributed by atoms with E-state index in [1.165, 1.54) is 29.6 Å². The SMILES string of the molecule is CC(=O)Nc1ccc(C2C(C(=O)c3cc(C)sc3C)C(c3sccc3C)N(C(=O)C3CCC3)C2(C)C(=O)O)cc1. The minimum absolute atomic E-state index is 0.146. The van der Waals surface area contributed by atoms with Gasteiger partial charge in [0, 0.05) is 44.6 Å². The van der Waals surface area contributed by atoms with E-state index in [4.69, 9.17) is 0 Å². The number of aliphatic carboxylic acids is 1. The molecule has 0 bridgehead atoms. The number of hydrogen-bond donors (Lipinski definition) is 2. The van der Waals surface area contributed by atoms with E-state index in [2.05, 4.69) is 5.32 Å². The summed E-state index contributed by atoms with van der Waals surface area (Å²) in [6.07, 6.45) is 2.37. The number of nitrogens with zero attached hydrogens (tertiary/aromatic N) is 1. The number of ketones is 1. The van der Waals surface area contributed by atoms with Crippen LogP contribution in [0, 0.1) is 32.6 Å². The molecule has 1 aromatic carbocycles. The van der Waals surface area contributed by atoms with Gasteiger partial charge in [-0.15, -0.1) is 22.7 Å². The molecule has 40 heavy (non-hydrogen) atoms. The smallest absolute Gasteiger partial charge is 0.330 e. The van der Waals surface area contributed by atoms with Crippen molar-refractivity contribution in [1.82, 2.24) is 4.90 Å². The number of Topliss-reactive ketones (excluding diaryl/α,β-unsaturated/α-hetero) is 1. The van der Waals surface area contributed by atoms with Crippen LogP contribution in [0.5, 0.6) is 0 Å². The Labute approximate surface area is 242 Å². The van der Waals surface area contributed by atoms with Gasteiger partial charge in [-0.05, 0) is 81.3 Å². The minimum Gasteiger partial charge on any atom is -0.479 e. The molecule has 4 unspecified atom stereocenters. The number of hydrogen-bond acceptors (Lipinski definition) is 6. The molecule has 2 aliphatic rings. The van der Waals surface area contributed by atoms with Crippen molar-refractivity contribution < 1.29 is 24.3 Å². The van der Waals surface area contributed by atoms with Crippen LogP contribution >= 0.6 is 22.7 Å². The molecule has 0 spiro atoms. The molecule has 5 rings (SSSR count). The lowest BCUT2D eigenvalue weighted by atomic mass is 9.72. The lowest BCUT2D eigenvalue weighted by molar-refractivity contribution is -0.161. The third kappa shape index (κ3) is 4.59. The molecule has 0 radical (unpaired) electrons. The van der Waals surface area contributed by atoms with E-state index in [0.717, 1.165) is 39.5 Å². The summed E-state index contributed by atoms with van der Waals surface area (Å²) in [7, 11) is 0. The maximum Gasteiger partial charge on any atom is 0.330 e. The average molecular weight is 579 g/mol. The van der Waals surface area contributed by atoms with Crippen LogP contribution in [0.25, 0.3) is 0 Å². The highest BCUT2D eigenvalue weighted by Gasteiger charge is 2.66. The number of carbonyl (C=O) groups excluding carboxylic acids is 3. The first-order chi connectivity index (χ1) is 18.9. The second-order valence-electron chi connectivity index (χ2n) is 11.2. The van der Waals surface area contributed by atoms with Gasteiger partial charge in [0.2, 0.25) is 11.8 Å². The summed E-state index contributed by atoms with van der Waals surface area (Å²) >= 11 is 3.00. The number of carbonyl (C=O) groups is 4. The van der Waals surface area contributed by atoms with Gasteiger partial charge < -0.3 is 15.3 Å². The largest absolute Gasteiger partial charge is 0.479 e. The van der Waals surface area contributed by atoms with Gasteiger partial charge in [-0.1, -0.05) is 18.6 Å². The minimum atomic E-state index is -1.68. The molecule has 4 atom stereocenters. The Balaban J connectivity index is 1.77. The Kier molecular flexibility index (Phi) is 7.48. The van der Waals surface area contributed by atoms with E-state index < -0.39 is 29.4 Å². The zero-order valence-corrected chi connectivity index (χ0v) is 24.9. The number of carboxylic acids is 1. The first kappa shape index (κ1) is 28.2. The Bertz CT molecular complexity index is 1490. The van der Waals surface area contributed by atoms with Crippen LogP contribution in [0.1, 0.15) is 81.2 Å². The molecule has 2 aromatic heterocycles. The number of aryl methyl sites for hydroxylation is 3. The monoisotopic (exact) mass is 578 g/mol. The van der Waals surface area contributed by atoms with Crippen molar-refractivity contribution in [3.05, 3.63) is 73.1 Å². The van der Waals surface area contributed by atoms with Crippen LogP contribution in [0.4, 0.5) is 5.69 Å². The van der Waals surface area contributed by atoms with Crippen molar-refractivity contribution in [1.29, 1.82) is 0 Å². The van der Waals surface area contributed by atoms with E-state index in [1.807, 2.05) is 38.3 Å². The van der Waals surface area contributed by atoms with Crippen molar-refractivity contribution in [3.8, 4) is 0 Å². The fraction of sp³-hybridized carbons (Fsp3) is 0.419. The summed E-state index contributed by atoms with van der Waals surface area (Å²) in [6.45, 7) is 8.84. The highest BCUT2D eigenvalue weighted by molar-refractivity contribution is 7.12. The van der Waals surface area contributed by atoms with Crippen LogP contribution in [0.3, 0.4) is 0 Å². The normalized spacial score (nSPS) is 24.5. The van der Waals surface area contributed by atoms with Gasteiger partial charge in [0.05, 0.1) is 12.0 Å². The van der Waals surface area contributed by atoms with Gasteiger partial charge in [-0.3, -0.25) is 14.4 Å². The molecular weight excluding hydrogens is 544 g/mol. The summed E-state index contributed by atoms with van der Waals surface area (Å²) in [5.74, 6) is -3.58. The van der Waals surface area contributed by atoms with Gasteiger partial charge in [0.1, 0.15) is 5.54 Å². The topological polar surface area (TPSA) is 104 Å². The van der Waals surface area contributed by atoms with E-state index in [9.17, 15) is 24.3 Å². The third-order valence-electron chi connectivity index (χ3n) is 8.58.